The van der Waals surface area contributed by atoms with Crippen molar-refractivity contribution in [3.8, 4) is 11.5 Å². The summed E-state index contributed by atoms with van der Waals surface area (Å²) in [5.74, 6) is 2.04. The van der Waals surface area contributed by atoms with Crippen LogP contribution >= 0.6 is 0 Å². The van der Waals surface area contributed by atoms with E-state index in [2.05, 4.69) is 0 Å². The van der Waals surface area contributed by atoms with Gasteiger partial charge in [0.25, 0.3) is 0 Å². The van der Waals surface area contributed by atoms with Gasteiger partial charge in [-0.05, 0) is 37.8 Å². The highest BCUT2D eigenvalue weighted by Gasteiger charge is 2.16. The molecule has 0 bridgehead atoms. The van der Waals surface area contributed by atoms with Crippen molar-refractivity contribution in [2.75, 3.05) is 14.2 Å². The summed E-state index contributed by atoms with van der Waals surface area (Å²) >= 11 is 0. The Hall–Kier alpha value is -1.18. The molecule has 0 N–H and O–H groups in total. The molecule has 0 saturated carbocycles. The van der Waals surface area contributed by atoms with Crippen molar-refractivity contribution in [1.29, 1.82) is 0 Å². The number of fused-ring (bicyclic) bond motifs is 1. The van der Waals surface area contributed by atoms with Gasteiger partial charge in [0.2, 0.25) is 0 Å². The molecule has 0 atom stereocenters. The first-order valence-corrected chi connectivity index (χ1v) is 5.59. The van der Waals surface area contributed by atoms with E-state index in [0.717, 1.165) is 24.3 Å². The predicted molar refractivity (Wildman–Crippen MR) is 60.8 cm³/mol. The summed E-state index contributed by atoms with van der Waals surface area (Å²) in [6, 6.07) is 4.03. The maximum Gasteiger partial charge on any atom is 0.122 e. The highest BCUT2D eigenvalue weighted by molar-refractivity contribution is 5.49. The summed E-state index contributed by atoms with van der Waals surface area (Å²) in [6.45, 7) is 0. The first-order chi connectivity index (χ1) is 7.36. The van der Waals surface area contributed by atoms with E-state index in [9.17, 15) is 0 Å². The Morgan fingerprint density at radius 1 is 0.800 bits per heavy atom. The van der Waals surface area contributed by atoms with Crippen molar-refractivity contribution in [2.45, 2.75) is 32.1 Å². The van der Waals surface area contributed by atoms with Gasteiger partial charge < -0.3 is 9.47 Å². The quantitative estimate of drug-likeness (QED) is 0.693. The van der Waals surface area contributed by atoms with Crippen LogP contribution in [0.3, 0.4) is 0 Å². The third-order valence-electron chi connectivity index (χ3n) is 3.14. The van der Waals surface area contributed by atoms with Gasteiger partial charge in [0.1, 0.15) is 11.5 Å². The highest BCUT2D eigenvalue weighted by Crippen LogP contribution is 2.34. The number of methoxy groups -OCH3 is 2. The Kier molecular flexibility index (Phi) is 3.14. The van der Waals surface area contributed by atoms with Gasteiger partial charge in [0, 0.05) is 11.1 Å². The molecule has 0 aliphatic heterocycles. The summed E-state index contributed by atoms with van der Waals surface area (Å²) in [5, 5.41) is 0. The normalized spacial score (nSPS) is 15.3. The van der Waals surface area contributed by atoms with E-state index in [1.54, 1.807) is 14.2 Å². The highest BCUT2D eigenvalue weighted by atomic mass is 16.5. The van der Waals surface area contributed by atoms with Crippen molar-refractivity contribution in [2.24, 2.45) is 0 Å². The van der Waals surface area contributed by atoms with Gasteiger partial charge in [-0.2, -0.15) is 0 Å². The van der Waals surface area contributed by atoms with E-state index in [-0.39, 0.29) is 0 Å². The van der Waals surface area contributed by atoms with Crippen molar-refractivity contribution >= 4 is 0 Å². The largest absolute Gasteiger partial charge is 0.496 e. The van der Waals surface area contributed by atoms with Gasteiger partial charge in [-0.3, -0.25) is 0 Å². The van der Waals surface area contributed by atoms with Crippen molar-refractivity contribution < 1.29 is 9.47 Å². The fourth-order valence-corrected chi connectivity index (χ4v) is 2.36. The number of hydrogen-bond donors (Lipinski definition) is 0. The average Bonchev–Trinajstić information content (AvgIpc) is 2.53. The number of ether oxygens (including phenoxy) is 2. The lowest BCUT2D eigenvalue weighted by molar-refractivity contribution is 0.395. The molecule has 0 aromatic heterocycles. The minimum atomic E-state index is 1.02. The van der Waals surface area contributed by atoms with Gasteiger partial charge >= 0.3 is 0 Å². The standard InChI is InChI=1S/C13H18O2/c1-14-12-8-9-13(15-2)11-7-5-3-4-6-10(11)12/h8-9H,3-7H2,1-2H3. The third-order valence-corrected chi connectivity index (χ3v) is 3.14. The molecule has 0 fully saturated rings. The molecule has 0 unspecified atom stereocenters. The fraction of sp³-hybridized carbons (Fsp3) is 0.538. The molecule has 1 aliphatic rings. The number of rotatable bonds is 2. The molecule has 1 aromatic carbocycles. The third kappa shape index (κ3) is 1.94. The Balaban J connectivity index is 2.48. The van der Waals surface area contributed by atoms with Gasteiger partial charge in [0.15, 0.2) is 0 Å². The van der Waals surface area contributed by atoms with Crippen LogP contribution in [0.1, 0.15) is 30.4 Å². The first kappa shape index (κ1) is 10.3. The summed E-state index contributed by atoms with van der Waals surface area (Å²) in [6.07, 6.45) is 6.07. The lowest BCUT2D eigenvalue weighted by Crippen LogP contribution is -1.99. The smallest absolute Gasteiger partial charge is 0.122 e. The minimum absolute atomic E-state index is 1.02. The second-order valence-electron chi connectivity index (χ2n) is 3.99. The van der Waals surface area contributed by atoms with E-state index < -0.39 is 0 Å². The lowest BCUT2D eigenvalue weighted by Gasteiger charge is -2.14. The molecule has 0 saturated heterocycles. The molecule has 15 heavy (non-hydrogen) atoms. The van der Waals surface area contributed by atoms with Gasteiger partial charge in [-0.1, -0.05) is 6.42 Å². The maximum absolute atomic E-state index is 5.41. The molecule has 0 amide bonds. The first-order valence-electron chi connectivity index (χ1n) is 5.59. The Labute approximate surface area is 91.2 Å². The van der Waals surface area contributed by atoms with Crippen LogP contribution in [-0.2, 0) is 12.8 Å². The summed E-state index contributed by atoms with van der Waals surface area (Å²) in [5.41, 5.74) is 2.71. The zero-order valence-electron chi connectivity index (χ0n) is 9.51. The second-order valence-corrected chi connectivity index (χ2v) is 3.99. The molecule has 1 aromatic rings. The van der Waals surface area contributed by atoms with Crippen LogP contribution in [-0.4, -0.2) is 14.2 Å². The van der Waals surface area contributed by atoms with Crippen LogP contribution < -0.4 is 9.47 Å². The zero-order valence-corrected chi connectivity index (χ0v) is 9.51. The number of hydrogen-bond acceptors (Lipinski definition) is 2. The van der Waals surface area contributed by atoms with E-state index in [0.29, 0.717) is 0 Å². The molecule has 1 aliphatic carbocycles. The Morgan fingerprint density at radius 2 is 1.27 bits per heavy atom. The average molecular weight is 206 g/mol. The summed E-state index contributed by atoms with van der Waals surface area (Å²) in [7, 11) is 3.49. The van der Waals surface area contributed by atoms with Gasteiger partial charge in [-0.15, -0.1) is 0 Å². The van der Waals surface area contributed by atoms with Crippen LogP contribution in [0.4, 0.5) is 0 Å². The van der Waals surface area contributed by atoms with Crippen LogP contribution in [0, 0.1) is 0 Å². The van der Waals surface area contributed by atoms with Crippen LogP contribution in [0.2, 0.25) is 0 Å². The molecule has 2 rings (SSSR count). The minimum Gasteiger partial charge on any atom is -0.496 e. The molecule has 2 heteroatoms. The molecule has 82 valence electrons. The van der Waals surface area contributed by atoms with Crippen LogP contribution in [0.25, 0.3) is 0 Å². The van der Waals surface area contributed by atoms with Crippen molar-refractivity contribution in [3.63, 3.8) is 0 Å². The summed E-state index contributed by atoms with van der Waals surface area (Å²) in [4.78, 5) is 0. The van der Waals surface area contributed by atoms with E-state index in [1.165, 1.54) is 30.4 Å². The molecule has 2 nitrogen and oxygen atoms in total. The van der Waals surface area contributed by atoms with Gasteiger partial charge in [-0.25, -0.2) is 0 Å². The van der Waals surface area contributed by atoms with E-state index in [1.807, 2.05) is 12.1 Å². The topological polar surface area (TPSA) is 18.5 Å². The van der Waals surface area contributed by atoms with Crippen molar-refractivity contribution in [3.05, 3.63) is 23.3 Å². The molecule has 0 radical (unpaired) electrons. The second kappa shape index (κ2) is 4.56. The SMILES string of the molecule is COc1ccc(OC)c2c1CCCCC2. The molecule has 0 spiro atoms. The van der Waals surface area contributed by atoms with Crippen molar-refractivity contribution in [1.82, 2.24) is 0 Å². The zero-order chi connectivity index (χ0) is 10.7. The van der Waals surface area contributed by atoms with Crippen LogP contribution in [0.5, 0.6) is 11.5 Å². The number of benzene rings is 1. The monoisotopic (exact) mass is 206 g/mol. The summed E-state index contributed by atoms with van der Waals surface area (Å²) < 4.78 is 10.8. The Bertz CT molecular complexity index is 312. The van der Waals surface area contributed by atoms with E-state index >= 15 is 0 Å². The lowest BCUT2D eigenvalue weighted by atomic mass is 10.0. The maximum atomic E-state index is 5.41. The Morgan fingerprint density at radius 3 is 1.67 bits per heavy atom. The molecular formula is C13H18O2. The van der Waals surface area contributed by atoms with E-state index in [4.69, 9.17) is 9.47 Å². The van der Waals surface area contributed by atoms with Gasteiger partial charge in [0.05, 0.1) is 14.2 Å². The predicted octanol–water partition coefficient (Wildman–Crippen LogP) is 2.97. The molecular weight excluding hydrogens is 188 g/mol. The molecule has 0 heterocycles. The fourth-order valence-electron chi connectivity index (χ4n) is 2.36. The van der Waals surface area contributed by atoms with Crippen LogP contribution in [0.15, 0.2) is 12.1 Å².